The number of carbonyl (C=O) groups is 2. The zero-order chi connectivity index (χ0) is 25.6. The summed E-state index contributed by atoms with van der Waals surface area (Å²) in [7, 11) is 0. The van der Waals surface area contributed by atoms with E-state index >= 15 is 0 Å². The number of carbonyl (C=O) groups excluding carboxylic acids is 2. The van der Waals surface area contributed by atoms with E-state index in [9.17, 15) is 9.59 Å². The molecule has 1 atom stereocenters. The molecule has 2 aromatic heterocycles. The summed E-state index contributed by atoms with van der Waals surface area (Å²) in [6.45, 7) is 4.49. The van der Waals surface area contributed by atoms with E-state index < -0.39 is 0 Å². The maximum absolute atomic E-state index is 13.4. The molecule has 4 aromatic rings. The van der Waals surface area contributed by atoms with Crippen molar-refractivity contribution in [3.8, 4) is 11.3 Å². The molecule has 0 unspecified atom stereocenters. The number of thiophene rings is 1. The van der Waals surface area contributed by atoms with Gasteiger partial charge in [-0.15, -0.1) is 21.5 Å². The lowest BCUT2D eigenvalue weighted by Gasteiger charge is -2.37. The topological polar surface area (TPSA) is 69.6 Å². The lowest BCUT2D eigenvalue weighted by molar-refractivity contribution is -0.132. The van der Waals surface area contributed by atoms with Gasteiger partial charge in [0.15, 0.2) is 5.82 Å². The van der Waals surface area contributed by atoms with Gasteiger partial charge in [-0.1, -0.05) is 66.7 Å². The van der Waals surface area contributed by atoms with Crippen LogP contribution < -0.4 is 4.90 Å². The largest absolute Gasteiger partial charge is 0.352 e. The summed E-state index contributed by atoms with van der Waals surface area (Å²) in [5.74, 6) is 0.643. The van der Waals surface area contributed by atoms with Crippen molar-refractivity contribution >= 4 is 29.0 Å². The molecule has 0 N–H and O–H groups in total. The van der Waals surface area contributed by atoms with E-state index in [4.69, 9.17) is 0 Å². The third kappa shape index (κ3) is 5.70. The maximum atomic E-state index is 13.4. The van der Waals surface area contributed by atoms with Gasteiger partial charge in [0, 0.05) is 31.7 Å². The molecule has 0 radical (unpaired) electrons. The first-order valence-corrected chi connectivity index (χ1v) is 13.3. The fraction of sp³-hybridized carbons (Fsp3) is 0.241. The van der Waals surface area contributed by atoms with Crippen LogP contribution in [0.15, 0.2) is 90.3 Å². The van der Waals surface area contributed by atoms with Crippen LogP contribution in [0.1, 0.15) is 28.2 Å². The molecule has 0 spiro atoms. The molecule has 1 aliphatic rings. The number of rotatable bonds is 7. The summed E-state index contributed by atoms with van der Waals surface area (Å²) >= 11 is 1.40. The van der Waals surface area contributed by atoms with Gasteiger partial charge in [0.1, 0.15) is 6.54 Å². The van der Waals surface area contributed by atoms with E-state index in [0.717, 1.165) is 22.6 Å². The Bertz CT molecular complexity index is 1310. The molecule has 0 aliphatic carbocycles. The molecule has 2 aromatic carbocycles. The summed E-state index contributed by atoms with van der Waals surface area (Å²) in [4.78, 5) is 33.0. The highest BCUT2D eigenvalue weighted by Gasteiger charge is 2.29. The summed E-state index contributed by atoms with van der Waals surface area (Å²) in [6.07, 6.45) is 0. The van der Waals surface area contributed by atoms with Crippen LogP contribution in [0, 0.1) is 0 Å². The zero-order valence-corrected chi connectivity index (χ0v) is 21.6. The Labute approximate surface area is 221 Å². The van der Waals surface area contributed by atoms with E-state index in [2.05, 4.69) is 15.1 Å². The molecule has 2 amide bonds. The molecule has 37 heavy (non-hydrogen) atoms. The third-order valence-corrected chi connectivity index (χ3v) is 7.58. The van der Waals surface area contributed by atoms with Crippen LogP contribution in [-0.2, 0) is 4.79 Å². The first kappa shape index (κ1) is 24.6. The SMILES string of the molecule is C[C@@H](c1ccccc1)N(CC(=O)N1CCN(c2ccc(-c3ccccc3)nn2)CC1)C(=O)c1cccs1. The number of amides is 2. The standard InChI is InChI=1S/C29H29N5O2S/c1-22(23-9-4-2-5-10-23)34(29(36)26-13-8-20-37-26)21-28(35)33-18-16-32(17-19-33)27-15-14-25(30-31-27)24-11-6-3-7-12-24/h2-15,20,22H,16-19,21H2,1H3/t22-/m0/s1. The molecule has 188 valence electrons. The Morgan fingerprint density at radius 2 is 1.57 bits per heavy atom. The highest BCUT2D eigenvalue weighted by molar-refractivity contribution is 7.12. The Kier molecular flexibility index (Phi) is 7.56. The molecule has 1 fully saturated rings. The van der Waals surface area contributed by atoms with Crippen LogP contribution in [0.2, 0.25) is 0 Å². The van der Waals surface area contributed by atoms with Gasteiger partial charge in [-0.2, -0.15) is 0 Å². The van der Waals surface area contributed by atoms with Gasteiger partial charge in [0.05, 0.1) is 16.6 Å². The number of aromatic nitrogens is 2. The minimum absolute atomic E-state index is 0.0401. The number of hydrogen-bond donors (Lipinski definition) is 0. The van der Waals surface area contributed by atoms with Crippen molar-refractivity contribution in [1.29, 1.82) is 0 Å². The predicted octanol–water partition coefficient (Wildman–Crippen LogP) is 4.76. The minimum atomic E-state index is -0.223. The van der Waals surface area contributed by atoms with E-state index in [0.29, 0.717) is 31.1 Å². The lowest BCUT2D eigenvalue weighted by atomic mass is 10.1. The summed E-state index contributed by atoms with van der Waals surface area (Å²) in [5.41, 5.74) is 2.87. The van der Waals surface area contributed by atoms with E-state index in [-0.39, 0.29) is 24.4 Å². The zero-order valence-electron chi connectivity index (χ0n) is 20.7. The molecule has 3 heterocycles. The van der Waals surface area contributed by atoms with Gasteiger partial charge in [0.2, 0.25) is 5.91 Å². The average molecular weight is 512 g/mol. The second kappa shape index (κ2) is 11.3. The molecule has 1 saturated heterocycles. The highest BCUT2D eigenvalue weighted by Crippen LogP contribution is 2.25. The molecule has 0 saturated carbocycles. The van der Waals surface area contributed by atoms with Crippen molar-refractivity contribution in [2.75, 3.05) is 37.6 Å². The number of hydrogen-bond acceptors (Lipinski definition) is 6. The quantitative estimate of drug-likeness (QED) is 0.358. The van der Waals surface area contributed by atoms with Crippen molar-refractivity contribution in [3.05, 3.63) is 101 Å². The normalized spacial score (nSPS) is 14.3. The fourth-order valence-corrected chi connectivity index (χ4v) is 5.20. The molecular formula is C29H29N5O2S. The van der Waals surface area contributed by atoms with Gasteiger partial charge in [-0.3, -0.25) is 9.59 Å². The van der Waals surface area contributed by atoms with Gasteiger partial charge < -0.3 is 14.7 Å². The molecule has 1 aliphatic heterocycles. The number of piperazine rings is 1. The van der Waals surface area contributed by atoms with Crippen LogP contribution in [-0.4, -0.2) is 64.5 Å². The Morgan fingerprint density at radius 3 is 2.19 bits per heavy atom. The van der Waals surface area contributed by atoms with Crippen molar-refractivity contribution in [3.63, 3.8) is 0 Å². The second-order valence-corrected chi connectivity index (χ2v) is 9.96. The van der Waals surface area contributed by atoms with Gasteiger partial charge in [0.25, 0.3) is 5.91 Å². The van der Waals surface area contributed by atoms with Crippen molar-refractivity contribution in [2.24, 2.45) is 0 Å². The fourth-order valence-electron chi connectivity index (χ4n) is 4.53. The molecule has 5 rings (SSSR count). The molecular weight excluding hydrogens is 482 g/mol. The average Bonchev–Trinajstić information content (AvgIpc) is 3.52. The highest BCUT2D eigenvalue weighted by atomic mass is 32.1. The summed E-state index contributed by atoms with van der Waals surface area (Å²) in [5, 5.41) is 10.7. The third-order valence-electron chi connectivity index (χ3n) is 6.72. The van der Waals surface area contributed by atoms with E-state index in [1.807, 2.05) is 102 Å². The monoisotopic (exact) mass is 511 g/mol. The Hall–Kier alpha value is -4.04. The first-order valence-electron chi connectivity index (χ1n) is 12.4. The molecule has 8 heteroatoms. The summed E-state index contributed by atoms with van der Waals surface area (Å²) in [6, 6.07) is 27.2. The minimum Gasteiger partial charge on any atom is -0.352 e. The van der Waals surface area contributed by atoms with E-state index in [1.165, 1.54) is 11.3 Å². The van der Waals surface area contributed by atoms with Crippen LogP contribution in [0.4, 0.5) is 5.82 Å². The lowest BCUT2D eigenvalue weighted by Crippen LogP contribution is -2.52. The smallest absolute Gasteiger partial charge is 0.264 e. The number of benzene rings is 2. The molecule has 0 bridgehead atoms. The van der Waals surface area contributed by atoms with Crippen LogP contribution in [0.25, 0.3) is 11.3 Å². The Morgan fingerprint density at radius 1 is 0.865 bits per heavy atom. The van der Waals surface area contributed by atoms with Gasteiger partial charge >= 0.3 is 0 Å². The molecule has 7 nitrogen and oxygen atoms in total. The van der Waals surface area contributed by atoms with E-state index in [1.54, 1.807) is 4.90 Å². The first-order chi connectivity index (χ1) is 18.1. The van der Waals surface area contributed by atoms with Crippen LogP contribution >= 0.6 is 11.3 Å². The second-order valence-electron chi connectivity index (χ2n) is 9.01. The van der Waals surface area contributed by atoms with Crippen molar-refractivity contribution in [1.82, 2.24) is 20.0 Å². The van der Waals surface area contributed by atoms with Crippen LogP contribution in [0.5, 0.6) is 0 Å². The Balaban J connectivity index is 1.23. The van der Waals surface area contributed by atoms with Gasteiger partial charge in [-0.25, -0.2) is 0 Å². The number of nitrogens with zero attached hydrogens (tertiary/aromatic N) is 5. The van der Waals surface area contributed by atoms with Crippen molar-refractivity contribution in [2.45, 2.75) is 13.0 Å². The van der Waals surface area contributed by atoms with Gasteiger partial charge in [-0.05, 0) is 36.1 Å². The van der Waals surface area contributed by atoms with Crippen LogP contribution in [0.3, 0.4) is 0 Å². The maximum Gasteiger partial charge on any atom is 0.264 e. The van der Waals surface area contributed by atoms with Crippen molar-refractivity contribution < 1.29 is 9.59 Å². The summed E-state index contributed by atoms with van der Waals surface area (Å²) < 4.78 is 0. The predicted molar refractivity (Wildman–Crippen MR) is 146 cm³/mol. The number of anilines is 1.